The van der Waals surface area contributed by atoms with E-state index in [-0.39, 0.29) is 5.91 Å². The molecule has 0 spiro atoms. The zero-order valence-corrected chi connectivity index (χ0v) is 16.5. The highest BCUT2D eigenvalue weighted by Gasteiger charge is 2.15. The van der Waals surface area contributed by atoms with Gasteiger partial charge in [-0.05, 0) is 43.0 Å². The maximum atomic E-state index is 12.5. The number of nitrogens with zero attached hydrogens (tertiary/aromatic N) is 2. The number of ether oxygens (including phenoxy) is 1. The van der Waals surface area contributed by atoms with E-state index < -0.39 is 6.10 Å². The summed E-state index contributed by atoms with van der Waals surface area (Å²) in [5, 5.41) is 5.04. The Morgan fingerprint density at radius 1 is 1.07 bits per heavy atom. The third-order valence-corrected chi connectivity index (χ3v) is 4.93. The van der Waals surface area contributed by atoms with Crippen molar-refractivity contribution in [3.63, 3.8) is 0 Å². The summed E-state index contributed by atoms with van der Waals surface area (Å²) in [5.74, 6) is 1.50. The Kier molecular flexibility index (Phi) is 5.29. The molecular weight excluding hydrogens is 362 g/mol. The fourth-order valence-electron chi connectivity index (χ4n) is 3.30. The highest BCUT2D eigenvalue weighted by molar-refractivity contribution is 5.89. The molecule has 0 aliphatic rings. The molecule has 0 radical (unpaired) electrons. The van der Waals surface area contributed by atoms with Gasteiger partial charge in [-0.3, -0.25) is 4.79 Å². The number of hydrogen-bond acceptors (Lipinski definition) is 3. The zero-order chi connectivity index (χ0) is 20.2. The van der Waals surface area contributed by atoms with Crippen molar-refractivity contribution in [2.24, 2.45) is 0 Å². The molecule has 0 bridgehead atoms. The minimum atomic E-state index is -0.589. The fourth-order valence-corrected chi connectivity index (χ4v) is 3.30. The van der Waals surface area contributed by atoms with Crippen LogP contribution in [0, 0.1) is 6.92 Å². The Balaban J connectivity index is 1.37. The first kappa shape index (κ1) is 18.7. The summed E-state index contributed by atoms with van der Waals surface area (Å²) in [6.45, 7) is 4.18. The molecule has 0 unspecified atom stereocenters. The fraction of sp³-hybridized carbons (Fsp3) is 0.167. The van der Waals surface area contributed by atoms with Gasteiger partial charge in [-0.25, -0.2) is 4.98 Å². The lowest BCUT2D eigenvalue weighted by molar-refractivity contribution is -0.127. The second-order valence-corrected chi connectivity index (χ2v) is 6.97. The van der Waals surface area contributed by atoms with E-state index in [0.717, 1.165) is 27.8 Å². The van der Waals surface area contributed by atoms with E-state index in [4.69, 9.17) is 4.74 Å². The van der Waals surface area contributed by atoms with E-state index in [1.807, 2.05) is 84.4 Å². The molecule has 0 saturated carbocycles. The normalized spacial score (nSPS) is 11.9. The number of imidazole rings is 1. The van der Waals surface area contributed by atoms with Crippen LogP contribution in [-0.2, 0) is 11.3 Å². The monoisotopic (exact) mass is 385 g/mol. The Morgan fingerprint density at radius 3 is 2.59 bits per heavy atom. The molecule has 0 saturated heterocycles. The largest absolute Gasteiger partial charge is 0.480 e. The van der Waals surface area contributed by atoms with Crippen LogP contribution in [0.4, 0.5) is 0 Å². The quantitative estimate of drug-likeness (QED) is 0.535. The van der Waals surface area contributed by atoms with Crippen molar-refractivity contribution in [1.82, 2.24) is 14.9 Å². The van der Waals surface area contributed by atoms with E-state index in [1.54, 1.807) is 13.1 Å². The molecule has 4 rings (SSSR count). The predicted molar refractivity (Wildman–Crippen MR) is 114 cm³/mol. The molecule has 0 fully saturated rings. The van der Waals surface area contributed by atoms with Crippen LogP contribution in [0.15, 0.2) is 79.1 Å². The Labute approximate surface area is 170 Å². The van der Waals surface area contributed by atoms with Crippen LogP contribution in [0.1, 0.15) is 18.3 Å². The van der Waals surface area contributed by atoms with E-state index >= 15 is 0 Å². The van der Waals surface area contributed by atoms with E-state index in [9.17, 15) is 4.79 Å². The SMILES string of the molecule is Cc1nccn1-c1ccc(CNC(=O)[C@@H](C)Oc2cccc3ccccc23)cc1. The molecule has 5 heteroatoms. The molecule has 29 heavy (non-hydrogen) atoms. The van der Waals surface area contributed by atoms with Crippen LogP contribution in [-0.4, -0.2) is 21.6 Å². The lowest BCUT2D eigenvalue weighted by Crippen LogP contribution is -2.35. The van der Waals surface area contributed by atoms with Gasteiger partial charge in [-0.15, -0.1) is 0 Å². The van der Waals surface area contributed by atoms with Crippen LogP contribution < -0.4 is 10.1 Å². The Hall–Kier alpha value is -3.60. The molecule has 1 atom stereocenters. The van der Waals surface area contributed by atoms with Crippen LogP contribution in [0.3, 0.4) is 0 Å². The molecule has 3 aromatic carbocycles. The van der Waals surface area contributed by atoms with Crippen molar-refractivity contribution in [1.29, 1.82) is 0 Å². The molecule has 5 nitrogen and oxygen atoms in total. The van der Waals surface area contributed by atoms with Crippen LogP contribution in [0.25, 0.3) is 16.5 Å². The van der Waals surface area contributed by atoms with Gasteiger partial charge in [-0.1, -0.05) is 48.5 Å². The first-order valence-corrected chi connectivity index (χ1v) is 9.63. The van der Waals surface area contributed by atoms with Gasteiger partial charge in [0.2, 0.25) is 0 Å². The molecule has 1 amide bonds. The summed E-state index contributed by atoms with van der Waals surface area (Å²) in [7, 11) is 0. The number of rotatable bonds is 6. The number of fused-ring (bicyclic) bond motifs is 1. The number of carbonyl (C=O) groups is 1. The maximum absolute atomic E-state index is 12.5. The van der Waals surface area contributed by atoms with Crippen molar-refractivity contribution in [3.8, 4) is 11.4 Å². The van der Waals surface area contributed by atoms with Gasteiger partial charge in [-0.2, -0.15) is 0 Å². The van der Waals surface area contributed by atoms with Crippen molar-refractivity contribution in [2.45, 2.75) is 26.5 Å². The summed E-state index contributed by atoms with van der Waals surface area (Å²) in [5.41, 5.74) is 2.07. The van der Waals surface area contributed by atoms with Crippen molar-refractivity contribution < 1.29 is 9.53 Å². The molecule has 0 aliphatic carbocycles. The van der Waals surface area contributed by atoms with Gasteiger partial charge < -0.3 is 14.6 Å². The van der Waals surface area contributed by atoms with Crippen molar-refractivity contribution in [2.75, 3.05) is 0 Å². The number of aryl methyl sites for hydroxylation is 1. The average Bonchev–Trinajstić information content (AvgIpc) is 3.18. The molecule has 4 aromatic rings. The van der Waals surface area contributed by atoms with Gasteiger partial charge in [0.1, 0.15) is 11.6 Å². The molecule has 1 heterocycles. The maximum Gasteiger partial charge on any atom is 0.261 e. The second-order valence-electron chi connectivity index (χ2n) is 6.97. The lowest BCUT2D eigenvalue weighted by Gasteiger charge is -2.16. The smallest absolute Gasteiger partial charge is 0.261 e. The first-order valence-electron chi connectivity index (χ1n) is 9.63. The highest BCUT2D eigenvalue weighted by Crippen LogP contribution is 2.26. The minimum Gasteiger partial charge on any atom is -0.480 e. The van der Waals surface area contributed by atoms with Gasteiger partial charge in [0.25, 0.3) is 5.91 Å². The van der Waals surface area contributed by atoms with Gasteiger partial charge >= 0.3 is 0 Å². The number of amides is 1. The molecule has 146 valence electrons. The number of benzene rings is 3. The topological polar surface area (TPSA) is 56.2 Å². The summed E-state index contributed by atoms with van der Waals surface area (Å²) < 4.78 is 7.95. The van der Waals surface area contributed by atoms with E-state index in [1.165, 1.54) is 0 Å². The van der Waals surface area contributed by atoms with Crippen LogP contribution >= 0.6 is 0 Å². The standard InChI is InChI=1S/C24H23N3O2/c1-17(29-23-9-5-7-20-6-3-4-8-22(20)23)24(28)26-16-19-10-12-21(13-11-19)27-15-14-25-18(27)2/h3-15,17H,16H2,1-2H3,(H,26,28)/t17-/m1/s1. The zero-order valence-electron chi connectivity index (χ0n) is 16.5. The highest BCUT2D eigenvalue weighted by atomic mass is 16.5. The summed E-state index contributed by atoms with van der Waals surface area (Å²) in [6.07, 6.45) is 3.12. The Bertz CT molecular complexity index is 1130. The third kappa shape index (κ3) is 4.14. The summed E-state index contributed by atoms with van der Waals surface area (Å²) in [4.78, 5) is 16.7. The van der Waals surface area contributed by atoms with Gasteiger partial charge in [0.05, 0.1) is 0 Å². The van der Waals surface area contributed by atoms with Gasteiger partial charge in [0.15, 0.2) is 6.10 Å². The van der Waals surface area contributed by atoms with Crippen molar-refractivity contribution >= 4 is 16.7 Å². The van der Waals surface area contributed by atoms with Crippen LogP contribution in [0.2, 0.25) is 0 Å². The number of aromatic nitrogens is 2. The summed E-state index contributed by atoms with van der Waals surface area (Å²) in [6, 6.07) is 21.9. The Morgan fingerprint density at radius 2 is 1.83 bits per heavy atom. The molecular formula is C24H23N3O2. The summed E-state index contributed by atoms with van der Waals surface area (Å²) >= 11 is 0. The number of hydrogen-bond donors (Lipinski definition) is 1. The van der Waals surface area contributed by atoms with Gasteiger partial charge in [0, 0.05) is 30.0 Å². The van der Waals surface area contributed by atoms with E-state index in [0.29, 0.717) is 12.3 Å². The molecule has 1 N–H and O–H groups in total. The minimum absolute atomic E-state index is 0.146. The molecule has 0 aliphatic heterocycles. The lowest BCUT2D eigenvalue weighted by atomic mass is 10.1. The predicted octanol–water partition coefficient (Wildman–Crippen LogP) is 4.42. The van der Waals surface area contributed by atoms with Crippen LogP contribution in [0.5, 0.6) is 5.75 Å². The second kappa shape index (κ2) is 8.19. The number of carbonyl (C=O) groups excluding carboxylic acids is 1. The number of nitrogens with one attached hydrogen (secondary N) is 1. The third-order valence-electron chi connectivity index (χ3n) is 4.93. The molecule has 1 aromatic heterocycles. The van der Waals surface area contributed by atoms with Crippen molar-refractivity contribution in [3.05, 3.63) is 90.5 Å². The average molecular weight is 385 g/mol. The van der Waals surface area contributed by atoms with E-state index in [2.05, 4.69) is 10.3 Å². The first-order chi connectivity index (χ1) is 14.1.